The summed E-state index contributed by atoms with van der Waals surface area (Å²) in [5.41, 5.74) is 0. The van der Waals surface area contributed by atoms with Crippen molar-refractivity contribution in [3.63, 3.8) is 0 Å². The third kappa shape index (κ3) is 8.83. The number of aliphatic imine (C=N–C) groups is 1. The van der Waals surface area contributed by atoms with Crippen molar-refractivity contribution in [3.05, 3.63) is 0 Å². The molecule has 2 rings (SSSR count). The number of likely N-dealkylation sites (tertiary alicyclic amines) is 2. The zero-order valence-electron chi connectivity index (χ0n) is 17.8. The quantitative estimate of drug-likeness (QED) is 0.230. The number of hydrogen-bond acceptors (Lipinski definition) is 4. The van der Waals surface area contributed by atoms with Crippen molar-refractivity contribution in [1.82, 2.24) is 15.1 Å². The maximum Gasteiger partial charge on any atom is 0.193 e. The van der Waals surface area contributed by atoms with Crippen LogP contribution in [-0.2, 0) is 9.47 Å². The molecule has 0 bridgehead atoms. The average molecular weight is 496 g/mol. The van der Waals surface area contributed by atoms with Gasteiger partial charge in [-0.1, -0.05) is 0 Å². The Bertz CT molecular complexity index is 423. The standard InChI is InChI=1S/C20H40N4O2.HI/c1-5-21-20(22-13-18-7-6-9-23(14-18)17(2)3)24-10-8-19(15-24)16-26-12-11-25-4;/h17-19H,5-16H2,1-4H3,(H,21,22);1H. The van der Waals surface area contributed by atoms with Crippen LogP contribution in [0.3, 0.4) is 0 Å². The van der Waals surface area contributed by atoms with Crippen LogP contribution in [0.5, 0.6) is 0 Å². The number of nitrogens with one attached hydrogen (secondary N) is 1. The van der Waals surface area contributed by atoms with Crippen LogP contribution >= 0.6 is 24.0 Å². The predicted octanol–water partition coefficient (Wildman–Crippen LogP) is 2.68. The molecule has 160 valence electrons. The van der Waals surface area contributed by atoms with Gasteiger partial charge in [-0.15, -0.1) is 24.0 Å². The summed E-state index contributed by atoms with van der Waals surface area (Å²) in [6.07, 6.45) is 3.80. The molecular formula is C20H41IN4O2. The van der Waals surface area contributed by atoms with Crippen LogP contribution in [0, 0.1) is 11.8 Å². The van der Waals surface area contributed by atoms with Crippen molar-refractivity contribution in [2.75, 3.05) is 66.2 Å². The van der Waals surface area contributed by atoms with Crippen molar-refractivity contribution < 1.29 is 9.47 Å². The number of rotatable bonds is 9. The first-order valence-electron chi connectivity index (χ1n) is 10.5. The molecule has 0 aliphatic carbocycles. The summed E-state index contributed by atoms with van der Waals surface area (Å²) < 4.78 is 10.8. The third-order valence-corrected chi connectivity index (χ3v) is 5.49. The van der Waals surface area contributed by atoms with Crippen molar-refractivity contribution >= 4 is 29.9 Å². The van der Waals surface area contributed by atoms with E-state index in [0.29, 0.717) is 31.1 Å². The van der Waals surface area contributed by atoms with Crippen molar-refractivity contribution in [2.24, 2.45) is 16.8 Å². The minimum absolute atomic E-state index is 0. The second kappa shape index (κ2) is 14.0. The first kappa shape index (κ1) is 24.9. The van der Waals surface area contributed by atoms with E-state index >= 15 is 0 Å². The van der Waals surface area contributed by atoms with E-state index in [1.54, 1.807) is 7.11 Å². The van der Waals surface area contributed by atoms with Crippen LogP contribution in [-0.4, -0.2) is 88.0 Å². The van der Waals surface area contributed by atoms with Crippen LogP contribution in [0.25, 0.3) is 0 Å². The number of nitrogens with zero attached hydrogens (tertiary/aromatic N) is 3. The summed E-state index contributed by atoms with van der Waals surface area (Å²) in [6.45, 7) is 15.4. The Morgan fingerprint density at radius 1 is 1.15 bits per heavy atom. The molecule has 0 radical (unpaired) electrons. The lowest BCUT2D eigenvalue weighted by Crippen LogP contribution is -2.43. The minimum atomic E-state index is 0. The monoisotopic (exact) mass is 496 g/mol. The Kier molecular flexibility index (Phi) is 12.9. The number of piperidine rings is 1. The molecule has 2 aliphatic heterocycles. The molecule has 7 heteroatoms. The van der Waals surface area contributed by atoms with E-state index in [1.165, 1.54) is 32.4 Å². The summed E-state index contributed by atoms with van der Waals surface area (Å²) in [5, 5.41) is 3.50. The molecule has 0 saturated carbocycles. The second-order valence-corrected chi connectivity index (χ2v) is 7.96. The Morgan fingerprint density at radius 2 is 1.96 bits per heavy atom. The number of halogens is 1. The van der Waals surface area contributed by atoms with E-state index in [2.05, 4.69) is 35.9 Å². The largest absolute Gasteiger partial charge is 0.382 e. The minimum Gasteiger partial charge on any atom is -0.382 e. The van der Waals surface area contributed by atoms with Crippen molar-refractivity contribution in [2.45, 2.75) is 46.1 Å². The molecule has 0 aromatic heterocycles. The molecule has 1 N–H and O–H groups in total. The number of ether oxygens (including phenoxy) is 2. The fourth-order valence-electron chi connectivity index (χ4n) is 3.91. The molecule has 2 atom stereocenters. The van der Waals surface area contributed by atoms with Gasteiger partial charge in [0.1, 0.15) is 0 Å². The Balaban J connectivity index is 0.00000364. The van der Waals surface area contributed by atoms with Crippen molar-refractivity contribution in [1.29, 1.82) is 0 Å². The fraction of sp³-hybridized carbons (Fsp3) is 0.950. The van der Waals surface area contributed by atoms with Gasteiger partial charge in [-0.25, -0.2) is 0 Å². The summed E-state index contributed by atoms with van der Waals surface area (Å²) >= 11 is 0. The van der Waals surface area contributed by atoms with Crippen molar-refractivity contribution in [3.8, 4) is 0 Å². The zero-order chi connectivity index (χ0) is 18.8. The van der Waals surface area contributed by atoms with E-state index in [4.69, 9.17) is 14.5 Å². The molecule has 27 heavy (non-hydrogen) atoms. The SMILES string of the molecule is CCNC(=NCC1CCCN(C(C)C)C1)N1CCC(COCCOC)C1.I. The van der Waals surface area contributed by atoms with Gasteiger partial charge in [0.25, 0.3) is 0 Å². The summed E-state index contributed by atoms with van der Waals surface area (Å²) in [4.78, 5) is 10.0. The average Bonchev–Trinajstić information content (AvgIpc) is 3.11. The Morgan fingerprint density at radius 3 is 2.67 bits per heavy atom. The summed E-state index contributed by atoms with van der Waals surface area (Å²) in [7, 11) is 1.71. The van der Waals surface area contributed by atoms with E-state index in [1.807, 2.05) is 0 Å². The molecule has 6 nitrogen and oxygen atoms in total. The first-order chi connectivity index (χ1) is 12.6. The molecular weight excluding hydrogens is 455 g/mol. The van der Waals surface area contributed by atoms with E-state index in [9.17, 15) is 0 Å². The number of guanidine groups is 1. The first-order valence-corrected chi connectivity index (χ1v) is 10.5. The molecule has 2 heterocycles. The smallest absolute Gasteiger partial charge is 0.193 e. The van der Waals surface area contributed by atoms with Gasteiger partial charge in [-0.3, -0.25) is 4.99 Å². The van der Waals surface area contributed by atoms with Gasteiger partial charge < -0.3 is 24.6 Å². The predicted molar refractivity (Wildman–Crippen MR) is 123 cm³/mol. The highest BCUT2D eigenvalue weighted by atomic mass is 127. The normalized spacial score (nSPS) is 24.3. The fourth-order valence-corrected chi connectivity index (χ4v) is 3.91. The van der Waals surface area contributed by atoms with Crippen LogP contribution < -0.4 is 5.32 Å². The topological polar surface area (TPSA) is 49.3 Å². The summed E-state index contributed by atoms with van der Waals surface area (Å²) in [5.74, 6) is 2.38. The molecule has 0 aromatic carbocycles. The molecule has 2 fully saturated rings. The lowest BCUT2D eigenvalue weighted by atomic mass is 9.97. The lowest BCUT2D eigenvalue weighted by Gasteiger charge is -2.35. The van der Waals surface area contributed by atoms with E-state index < -0.39 is 0 Å². The van der Waals surface area contributed by atoms with Crippen LogP contribution in [0.1, 0.15) is 40.0 Å². The number of hydrogen-bond donors (Lipinski definition) is 1. The van der Waals surface area contributed by atoms with Gasteiger partial charge in [-0.2, -0.15) is 0 Å². The molecule has 0 spiro atoms. The second-order valence-electron chi connectivity index (χ2n) is 7.96. The molecule has 0 amide bonds. The highest BCUT2D eigenvalue weighted by molar-refractivity contribution is 14.0. The highest BCUT2D eigenvalue weighted by Crippen LogP contribution is 2.20. The van der Waals surface area contributed by atoms with Gasteiger partial charge in [0.2, 0.25) is 0 Å². The molecule has 2 unspecified atom stereocenters. The Hall–Kier alpha value is -0.120. The maximum atomic E-state index is 5.72. The van der Waals surface area contributed by atoms with E-state index in [-0.39, 0.29) is 24.0 Å². The van der Waals surface area contributed by atoms with E-state index in [0.717, 1.165) is 38.7 Å². The number of methoxy groups -OCH3 is 1. The van der Waals surface area contributed by atoms with Crippen LogP contribution in [0.2, 0.25) is 0 Å². The van der Waals surface area contributed by atoms with Gasteiger partial charge in [-0.05, 0) is 52.5 Å². The van der Waals surface area contributed by atoms with Gasteiger partial charge in [0.15, 0.2) is 5.96 Å². The van der Waals surface area contributed by atoms with Gasteiger partial charge >= 0.3 is 0 Å². The van der Waals surface area contributed by atoms with Gasteiger partial charge in [0.05, 0.1) is 19.8 Å². The zero-order valence-corrected chi connectivity index (χ0v) is 20.1. The summed E-state index contributed by atoms with van der Waals surface area (Å²) in [6, 6.07) is 0.646. The maximum absolute atomic E-state index is 5.72. The van der Waals surface area contributed by atoms with Crippen LogP contribution in [0.15, 0.2) is 4.99 Å². The highest BCUT2D eigenvalue weighted by Gasteiger charge is 2.26. The molecule has 0 aromatic rings. The molecule has 2 saturated heterocycles. The van der Waals surface area contributed by atoms with Gasteiger partial charge in [0, 0.05) is 51.8 Å². The third-order valence-electron chi connectivity index (χ3n) is 5.49. The Labute approximate surface area is 183 Å². The molecule has 2 aliphatic rings. The van der Waals surface area contributed by atoms with Crippen LogP contribution in [0.4, 0.5) is 0 Å². The lowest BCUT2D eigenvalue weighted by molar-refractivity contribution is 0.0536.